The van der Waals surface area contributed by atoms with Gasteiger partial charge in [-0.3, -0.25) is 0 Å². The summed E-state index contributed by atoms with van der Waals surface area (Å²) in [6, 6.07) is 0. The maximum atomic E-state index is 4.21. The van der Waals surface area contributed by atoms with Crippen molar-refractivity contribution in [1.29, 1.82) is 0 Å². The Morgan fingerprint density at radius 3 is 2.72 bits per heavy atom. The van der Waals surface area contributed by atoms with Crippen LogP contribution in [-0.2, 0) is 0 Å². The summed E-state index contributed by atoms with van der Waals surface area (Å²) < 4.78 is 0. The van der Waals surface area contributed by atoms with E-state index in [4.69, 9.17) is 0 Å². The Kier molecular flexibility index (Phi) is 2.61. The Morgan fingerprint density at radius 1 is 1.33 bits per heavy atom. The molecule has 1 saturated heterocycles. The highest BCUT2D eigenvalue weighted by molar-refractivity contribution is 5.27. The second-order valence-corrected chi connectivity index (χ2v) is 7.62. The Labute approximate surface area is 112 Å². The fourth-order valence-electron chi connectivity index (χ4n) is 5.29. The second-order valence-electron chi connectivity index (χ2n) is 7.62. The molecule has 0 radical (unpaired) electrons. The van der Waals surface area contributed by atoms with Crippen molar-refractivity contribution in [2.24, 2.45) is 10.8 Å². The molecule has 4 aliphatic rings. The zero-order valence-corrected chi connectivity index (χ0v) is 12.3. The summed E-state index contributed by atoms with van der Waals surface area (Å²) >= 11 is 0. The van der Waals surface area contributed by atoms with Gasteiger partial charge in [0, 0.05) is 17.8 Å². The minimum Gasteiger partial charge on any atom is -0.383 e. The Balaban J connectivity index is 1.73. The Hall–Kier alpha value is -0.500. The first-order valence-corrected chi connectivity index (χ1v) is 7.57. The standard InChI is InChI=1S/C16H28N2/c1-5-6-13(2)17-16-9-14(3)7-8-18(4)12-15(14,10-16)11-16/h17H,2,5-12H2,1,3-4H3. The number of hydrogen-bond donors (Lipinski definition) is 1. The molecule has 1 N–H and O–H groups in total. The number of likely N-dealkylation sites (tertiary alicyclic amines) is 1. The molecule has 1 heterocycles. The highest BCUT2D eigenvalue weighted by Gasteiger charge is 2.72. The summed E-state index contributed by atoms with van der Waals surface area (Å²) in [4.78, 5) is 2.54. The van der Waals surface area contributed by atoms with Crippen LogP contribution in [0.15, 0.2) is 12.3 Å². The van der Waals surface area contributed by atoms with Crippen LogP contribution in [0.3, 0.4) is 0 Å². The Morgan fingerprint density at radius 2 is 2.06 bits per heavy atom. The molecule has 18 heavy (non-hydrogen) atoms. The van der Waals surface area contributed by atoms with Crippen LogP contribution < -0.4 is 5.32 Å². The molecule has 3 saturated carbocycles. The van der Waals surface area contributed by atoms with Crippen LogP contribution in [0.5, 0.6) is 0 Å². The van der Waals surface area contributed by atoms with Gasteiger partial charge in [0.15, 0.2) is 0 Å². The van der Waals surface area contributed by atoms with E-state index >= 15 is 0 Å². The molecular formula is C16H28N2. The van der Waals surface area contributed by atoms with Crippen molar-refractivity contribution in [3.8, 4) is 0 Å². The van der Waals surface area contributed by atoms with Crippen LogP contribution in [0.2, 0.25) is 0 Å². The first kappa shape index (κ1) is 12.5. The van der Waals surface area contributed by atoms with E-state index in [1.165, 1.54) is 50.9 Å². The molecule has 4 rings (SSSR count). The summed E-state index contributed by atoms with van der Waals surface area (Å²) in [6.45, 7) is 11.6. The predicted octanol–water partition coefficient (Wildman–Crippen LogP) is 3.15. The van der Waals surface area contributed by atoms with E-state index in [9.17, 15) is 0 Å². The maximum Gasteiger partial charge on any atom is 0.0388 e. The topological polar surface area (TPSA) is 15.3 Å². The molecule has 0 aromatic rings. The molecule has 0 aromatic heterocycles. The minimum atomic E-state index is 0.409. The van der Waals surface area contributed by atoms with Crippen molar-refractivity contribution >= 4 is 0 Å². The summed E-state index contributed by atoms with van der Waals surface area (Å²) in [5.74, 6) is 0. The van der Waals surface area contributed by atoms with Gasteiger partial charge in [0.1, 0.15) is 0 Å². The van der Waals surface area contributed by atoms with Crippen molar-refractivity contribution in [3.63, 3.8) is 0 Å². The average molecular weight is 248 g/mol. The number of nitrogens with one attached hydrogen (secondary N) is 1. The molecule has 2 bridgehead atoms. The molecule has 1 aliphatic heterocycles. The van der Waals surface area contributed by atoms with Gasteiger partial charge in [0.25, 0.3) is 0 Å². The molecule has 4 fully saturated rings. The SMILES string of the molecule is C=C(CCC)NC12CC3(C)CCN(C)CC3(C1)C2. The normalized spacial score (nSPS) is 46.4. The van der Waals surface area contributed by atoms with E-state index in [1.54, 1.807) is 0 Å². The van der Waals surface area contributed by atoms with Crippen LogP contribution in [-0.4, -0.2) is 30.6 Å². The van der Waals surface area contributed by atoms with Crippen molar-refractivity contribution in [1.82, 2.24) is 10.2 Å². The van der Waals surface area contributed by atoms with Gasteiger partial charge in [-0.25, -0.2) is 0 Å². The predicted molar refractivity (Wildman–Crippen MR) is 76.4 cm³/mol. The lowest BCUT2D eigenvalue weighted by Gasteiger charge is -2.56. The van der Waals surface area contributed by atoms with Crippen molar-refractivity contribution < 1.29 is 0 Å². The third kappa shape index (κ3) is 1.57. The van der Waals surface area contributed by atoms with Crippen LogP contribution >= 0.6 is 0 Å². The van der Waals surface area contributed by atoms with Gasteiger partial charge in [-0.15, -0.1) is 0 Å². The average Bonchev–Trinajstić information content (AvgIpc) is 2.59. The Bertz CT molecular complexity index is 367. The number of rotatable bonds is 4. The molecule has 3 aliphatic carbocycles. The van der Waals surface area contributed by atoms with Crippen LogP contribution in [0.25, 0.3) is 0 Å². The largest absolute Gasteiger partial charge is 0.383 e. The molecule has 1 unspecified atom stereocenters. The summed E-state index contributed by atoms with van der Waals surface area (Å²) in [5.41, 5.74) is 2.87. The fraction of sp³-hybridized carbons (Fsp3) is 0.875. The van der Waals surface area contributed by atoms with Gasteiger partial charge in [0.05, 0.1) is 0 Å². The van der Waals surface area contributed by atoms with E-state index in [0.29, 0.717) is 16.4 Å². The first-order valence-electron chi connectivity index (χ1n) is 7.57. The molecule has 0 aromatic carbocycles. The van der Waals surface area contributed by atoms with Gasteiger partial charge >= 0.3 is 0 Å². The molecule has 1 spiro atoms. The lowest BCUT2D eigenvalue weighted by Crippen LogP contribution is -2.59. The van der Waals surface area contributed by atoms with Crippen molar-refractivity contribution in [2.75, 3.05) is 20.1 Å². The number of nitrogens with zero attached hydrogens (tertiary/aromatic N) is 1. The third-order valence-corrected chi connectivity index (χ3v) is 5.97. The van der Waals surface area contributed by atoms with E-state index < -0.39 is 0 Å². The molecule has 102 valence electrons. The number of piperidine rings is 1. The van der Waals surface area contributed by atoms with Crippen molar-refractivity contribution in [3.05, 3.63) is 12.3 Å². The van der Waals surface area contributed by atoms with Gasteiger partial charge in [-0.05, 0) is 56.5 Å². The van der Waals surface area contributed by atoms with E-state index in [-0.39, 0.29) is 0 Å². The van der Waals surface area contributed by atoms with Crippen molar-refractivity contribution in [2.45, 2.75) is 57.9 Å². The van der Waals surface area contributed by atoms with Gasteiger partial charge in [-0.1, -0.05) is 26.8 Å². The van der Waals surface area contributed by atoms with Crippen LogP contribution in [0.1, 0.15) is 52.4 Å². The zero-order valence-electron chi connectivity index (χ0n) is 12.3. The zero-order chi connectivity index (χ0) is 13.0. The van der Waals surface area contributed by atoms with E-state index in [0.717, 1.165) is 6.42 Å². The van der Waals surface area contributed by atoms with Gasteiger partial charge in [0.2, 0.25) is 0 Å². The highest BCUT2D eigenvalue weighted by atomic mass is 15.2. The lowest BCUT2D eigenvalue weighted by atomic mass is 9.56. The number of hydrogen-bond acceptors (Lipinski definition) is 2. The quantitative estimate of drug-likeness (QED) is 0.822. The molecule has 2 heteroatoms. The molecule has 2 nitrogen and oxygen atoms in total. The van der Waals surface area contributed by atoms with E-state index in [2.05, 4.69) is 37.7 Å². The monoisotopic (exact) mass is 248 g/mol. The van der Waals surface area contributed by atoms with Gasteiger partial charge < -0.3 is 10.2 Å². The van der Waals surface area contributed by atoms with Crippen LogP contribution in [0, 0.1) is 10.8 Å². The number of allylic oxidation sites excluding steroid dienone is 1. The fourth-order valence-corrected chi connectivity index (χ4v) is 5.29. The highest BCUT2D eigenvalue weighted by Crippen LogP contribution is 2.73. The third-order valence-electron chi connectivity index (χ3n) is 5.97. The van der Waals surface area contributed by atoms with E-state index in [1.807, 2.05) is 0 Å². The summed E-state index contributed by atoms with van der Waals surface area (Å²) in [5, 5.41) is 3.80. The lowest BCUT2D eigenvalue weighted by molar-refractivity contribution is -0.0435. The second kappa shape index (κ2) is 3.75. The summed E-state index contributed by atoms with van der Waals surface area (Å²) in [7, 11) is 2.29. The minimum absolute atomic E-state index is 0.409. The van der Waals surface area contributed by atoms with Crippen LogP contribution in [0.4, 0.5) is 0 Å². The first-order chi connectivity index (χ1) is 8.43. The maximum absolute atomic E-state index is 4.21. The molecule has 1 atom stereocenters. The van der Waals surface area contributed by atoms with Gasteiger partial charge in [-0.2, -0.15) is 0 Å². The smallest absolute Gasteiger partial charge is 0.0388 e. The summed E-state index contributed by atoms with van der Waals surface area (Å²) in [6.07, 6.45) is 7.84. The molecular weight excluding hydrogens is 220 g/mol. The molecule has 0 amide bonds.